The Morgan fingerprint density at radius 3 is 1.12 bits per heavy atom. The molecule has 0 spiro atoms. The number of carbonyl (C=O) groups is 6. The van der Waals surface area contributed by atoms with Crippen LogP contribution in [0.15, 0.2) is 0 Å². The van der Waals surface area contributed by atoms with Gasteiger partial charge in [-0.15, -0.1) is 0 Å². The van der Waals surface area contributed by atoms with E-state index in [-0.39, 0.29) is 102 Å². The average Bonchev–Trinajstić information content (AvgIpc) is 2.56. The van der Waals surface area contributed by atoms with E-state index >= 15 is 0 Å². The lowest BCUT2D eigenvalue weighted by Crippen LogP contribution is -2.54. The van der Waals surface area contributed by atoms with Crippen LogP contribution in [-0.4, -0.2) is 263 Å². The summed E-state index contributed by atoms with van der Waals surface area (Å²) in [7, 11) is 1.10. The Morgan fingerprint density at radius 1 is 0.378 bits per heavy atom. The van der Waals surface area contributed by atoms with E-state index in [2.05, 4.69) is 31.9 Å². The van der Waals surface area contributed by atoms with Crippen LogP contribution >= 0.6 is 7.60 Å². The van der Waals surface area contributed by atoms with Crippen molar-refractivity contribution in [3.63, 3.8) is 0 Å². The van der Waals surface area contributed by atoms with Crippen molar-refractivity contribution in [3.8, 4) is 0 Å². The van der Waals surface area contributed by atoms with E-state index in [0.717, 1.165) is 70.6 Å². The fourth-order valence-electron chi connectivity index (χ4n) is 8.24. The van der Waals surface area contributed by atoms with Crippen LogP contribution in [0.2, 0.25) is 0 Å². The first kappa shape index (κ1) is 86.5. The van der Waals surface area contributed by atoms with Gasteiger partial charge in [-0.3, -0.25) is 33.3 Å². The van der Waals surface area contributed by atoms with Crippen LogP contribution in [0.5, 0.6) is 0 Å². The van der Waals surface area contributed by atoms with Gasteiger partial charge in [-0.25, -0.2) is 0 Å². The maximum atomic E-state index is 14.1. The molecule has 0 bridgehead atoms. The molecule has 0 fully saturated rings. The van der Waals surface area contributed by atoms with Crippen LogP contribution in [0.3, 0.4) is 0 Å². The van der Waals surface area contributed by atoms with Gasteiger partial charge in [0, 0.05) is 66.5 Å². The Kier molecular flexibility index (Phi) is 61.6. The van der Waals surface area contributed by atoms with Crippen LogP contribution in [0.25, 0.3) is 0 Å². The SMILES string of the molecule is COCCOCCOCCOCC(=O)NCCCCC(NC(=O)COCCOCCOCCOC)C(=O)NC(CCCCNC(=O)COCCOCCOCCOC)C(=O)NCCCCCCCCCCCC(=O)NCCCCC(CO)COP(=O)(O)C(C)C. The molecule has 29 heteroatoms. The van der Waals surface area contributed by atoms with Gasteiger partial charge in [0.25, 0.3) is 0 Å². The van der Waals surface area contributed by atoms with E-state index in [1.165, 1.54) is 0 Å². The van der Waals surface area contributed by atoms with Gasteiger partial charge in [0.15, 0.2) is 0 Å². The van der Waals surface area contributed by atoms with Gasteiger partial charge in [-0.1, -0.05) is 65.2 Å². The van der Waals surface area contributed by atoms with Crippen LogP contribution in [-0.2, 0) is 94.7 Å². The minimum Gasteiger partial charge on any atom is -0.396 e. The number of methoxy groups -OCH3 is 3. The molecule has 90 heavy (non-hydrogen) atoms. The van der Waals surface area contributed by atoms with E-state index in [4.69, 9.17) is 61.4 Å². The number of unbranched alkanes of at least 4 members (excludes halogenated alkanes) is 11. The monoisotopic (exact) mass is 1320 g/mol. The van der Waals surface area contributed by atoms with E-state index < -0.39 is 37.2 Å². The number of ether oxygens (including phenoxy) is 12. The molecule has 4 unspecified atom stereocenters. The summed E-state index contributed by atoms with van der Waals surface area (Å²) in [6, 6.07) is -1.98. The molecule has 0 saturated carbocycles. The fraction of sp³-hybridized carbons (Fsp3) is 0.902. The number of amides is 6. The minimum absolute atomic E-state index is 0.0172. The Bertz CT molecular complexity index is 1780. The van der Waals surface area contributed by atoms with Crippen molar-refractivity contribution in [1.29, 1.82) is 0 Å². The molecular formula is C61H119N6O22P. The zero-order valence-corrected chi connectivity index (χ0v) is 56.2. The molecule has 0 aliphatic carbocycles. The molecule has 0 aliphatic heterocycles. The van der Waals surface area contributed by atoms with Gasteiger partial charge in [-0.05, 0) is 64.2 Å². The standard InChI is InChI=1S/C61H119N6O22P/c1-52(2)90(75,76)89-48-53(47-68)21-14-18-25-62-56(69)24-13-11-9-7-6-8-10-12-17-28-65-60(73)54(22-15-19-26-63-57(70)49-86-44-41-83-38-35-80-32-29-77-3)67-61(74)55(66-59(72)51-88-46-43-85-40-37-82-34-31-79-5)23-16-20-27-64-58(71)50-87-45-42-84-39-36-81-33-30-78-4/h52-55,68H,6-51H2,1-5H3,(H,62,69)(H,63,70)(H,64,71)(H,65,73)(H,66,72)(H,67,74)(H,75,76). The Hall–Kier alpha value is -3.55. The maximum absolute atomic E-state index is 14.1. The van der Waals surface area contributed by atoms with Crippen molar-refractivity contribution >= 4 is 43.0 Å². The molecule has 28 nitrogen and oxygen atoms in total. The smallest absolute Gasteiger partial charge is 0.330 e. The second kappa shape index (κ2) is 64.2. The molecule has 0 aromatic heterocycles. The normalized spacial score (nSPS) is 13.2. The van der Waals surface area contributed by atoms with Crippen molar-refractivity contribution < 1.29 is 105 Å². The largest absolute Gasteiger partial charge is 0.396 e. The molecule has 0 aromatic carbocycles. The molecule has 530 valence electrons. The molecular weight excluding hydrogens is 1200 g/mol. The molecule has 0 radical (unpaired) electrons. The quantitative estimate of drug-likeness (QED) is 0.0320. The lowest BCUT2D eigenvalue weighted by Gasteiger charge is -2.23. The second-order valence-electron chi connectivity index (χ2n) is 21.8. The number of rotatable bonds is 69. The van der Waals surface area contributed by atoms with Crippen molar-refractivity contribution in [1.82, 2.24) is 31.9 Å². The maximum Gasteiger partial charge on any atom is 0.330 e. The van der Waals surface area contributed by atoms with Crippen molar-refractivity contribution in [2.75, 3.05) is 199 Å². The Labute approximate surface area is 536 Å². The number of aliphatic hydroxyl groups excluding tert-OH is 1. The predicted molar refractivity (Wildman–Crippen MR) is 338 cm³/mol. The summed E-state index contributed by atoms with van der Waals surface area (Å²) in [4.78, 5) is 88.3. The second-order valence-corrected chi connectivity index (χ2v) is 24.2. The average molecular weight is 1320 g/mol. The summed E-state index contributed by atoms with van der Waals surface area (Å²) in [5.74, 6) is -2.28. The Morgan fingerprint density at radius 2 is 0.711 bits per heavy atom. The lowest BCUT2D eigenvalue weighted by atomic mass is 10.0. The summed E-state index contributed by atoms with van der Waals surface area (Å²) in [5, 5.41) is 26.9. The highest BCUT2D eigenvalue weighted by molar-refractivity contribution is 7.53. The first-order chi connectivity index (χ1) is 43.7. The minimum atomic E-state index is -3.68. The van der Waals surface area contributed by atoms with Crippen LogP contribution in [0.4, 0.5) is 0 Å². The van der Waals surface area contributed by atoms with Crippen molar-refractivity contribution in [3.05, 3.63) is 0 Å². The first-order valence-electron chi connectivity index (χ1n) is 32.6. The van der Waals surface area contributed by atoms with Gasteiger partial charge in [0.05, 0.1) is 131 Å². The summed E-state index contributed by atoms with van der Waals surface area (Å²) in [5.41, 5.74) is -0.506. The number of hydrogen-bond donors (Lipinski definition) is 8. The summed E-state index contributed by atoms with van der Waals surface area (Å²) in [6.07, 6.45) is 13.5. The van der Waals surface area contributed by atoms with Crippen LogP contribution in [0.1, 0.15) is 136 Å². The molecule has 0 aromatic rings. The van der Waals surface area contributed by atoms with E-state index in [1.807, 2.05) is 0 Å². The third kappa shape index (κ3) is 57.1. The highest BCUT2D eigenvalue weighted by Crippen LogP contribution is 2.47. The van der Waals surface area contributed by atoms with Crippen molar-refractivity contribution in [2.45, 2.75) is 154 Å². The first-order valence-corrected chi connectivity index (χ1v) is 34.3. The number of aliphatic hydroxyl groups is 1. The van der Waals surface area contributed by atoms with Gasteiger partial charge in [0.1, 0.15) is 31.9 Å². The zero-order valence-electron chi connectivity index (χ0n) is 55.3. The molecule has 6 amide bonds. The fourth-order valence-corrected chi connectivity index (χ4v) is 8.96. The number of hydrogen-bond acceptors (Lipinski definition) is 21. The van der Waals surface area contributed by atoms with E-state index in [1.54, 1.807) is 35.2 Å². The third-order valence-electron chi connectivity index (χ3n) is 13.6. The summed E-state index contributed by atoms with van der Waals surface area (Å²) < 4.78 is 80.9. The predicted octanol–water partition coefficient (Wildman–Crippen LogP) is 3.14. The lowest BCUT2D eigenvalue weighted by molar-refractivity contribution is -0.134. The van der Waals surface area contributed by atoms with Gasteiger partial charge >= 0.3 is 7.60 Å². The summed E-state index contributed by atoms with van der Waals surface area (Å²) in [6.45, 7) is 10.7. The molecule has 4 atom stereocenters. The molecule has 0 aliphatic rings. The number of carbonyl (C=O) groups excluding carboxylic acids is 6. The molecule has 0 saturated heterocycles. The number of nitrogens with one attached hydrogen (secondary N) is 6. The van der Waals surface area contributed by atoms with Crippen LogP contribution < -0.4 is 31.9 Å². The topological polar surface area (TPSA) is 352 Å². The van der Waals surface area contributed by atoms with Gasteiger partial charge < -0.3 is 103 Å². The van der Waals surface area contributed by atoms with Crippen LogP contribution in [0, 0.1) is 5.92 Å². The van der Waals surface area contributed by atoms with E-state index in [9.17, 15) is 43.3 Å². The molecule has 0 heterocycles. The van der Waals surface area contributed by atoms with Gasteiger partial charge in [0.2, 0.25) is 35.4 Å². The third-order valence-corrected chi connectivity index (χ3v) is 15.5. The Balaban J connectivity index is 5.27. The van der Waals surface area contributed by atoms with E-state index in [0.29, 0.717) is 157 Å². The van der Waals surface area contributed by atoms with Crippen molar-refractivity contribution in [2.24, 2.45) is 5.92 Å². The van der Waals surface area contributed by atoms with Gasteiger partial charge in [-0.2, -0.15) is 0 Å². The highest BCUT2D eigenvalue weighted by atomic mass is 31.2. The molecule has 0 rings (SSSR count). The highest BCUT2D eigenvalue weighted by Gasteiger charge is 2.28. The zero-order chi connectivity index (χ0) is 66.2. The molecule has 8 N–H and O–H groups in total. The summed E-state index contributed by atoms with van der Waals surface area (Å²) >= 11 is 0.